The Morgan fingerprint density at radius 1 is 1.23 bits per heavy atom. The lowest BCUT2D eigenvalue weighted by atomic mass is 9.96. The van der Waals surface area contributed by atoms with Crippen LogP contribution in [0, 0.1) is 19.8 Å². The van der Waals surface area contributed by atoms with Crippen LogP contribution in [0.4, 0.5) is 0 Å². The third-order valence-corrected chi connectivity index (χ3v) is 6.86. The van der Waals surface area contributed by atoms with Crippen LogP contribution in [0.25, 0.3) is 22.0 Å². The van der Waals surface area contributed by atoms with Gasteiger partial charge in [-0.1, -0.05) is 12.1 Å². The first-order valence-electron chi connectivity index (χ1n) is 10.6. The van der Waals surface area contributed by atoms with Crippen LogP contribution in [0.15, 0.2) is 24.5 Å². The van der Waals surface area contributed by atoms with E-state index < -0.39 is 0 Å². The van der Waals surface area contributed by atoms with Crippen LogP contribution in [-0.4, -0.2) is 56.5 Å². The van der Waals surface area contributed by atoms with Crippen molar-refractivity contribution in [2.75, 3.05) is 20.1 Å². The summed E-state index contributed by atoms with van der Waals surface area (Å²) in [4.78, 5) is 28.8. The van der Waals surface area contributed by atoms with E-state index in [4.69, 9.17) is 0 Å². The molecule has 30 heavy (non-hydrogen) atoms. The van der Waals surface area contributed by atoms with E-state index in [1.165, 1.54) is 27.7 Å². The Hall–Kier alpha value is -3.09. The van der Waals surface area contributed by atoms with Crippen molar-refractivity contribution in [3.8, 4) is 11.1 Å². The minimum Gasteiger partial charge on any atom is -0.345 e. The van der Waals surface area contributed by atoms with Crippen molar-refractivity contribution in [2.24, 2.45) is 5.92 Å². The predicted octanol–water partition coefficient (Wildman–Crippen LogP) is 2.86. The SMILES string of the molecule is Cc1ccc2c(-c3cn[nH]c3)c3n(c2c1C)CCN(C(=O)C1CCC(=O)N(C)C1)C3. The number of amides is 2. The van der Waals surface area contributed by atoms with Gasteiger partial charge in [-0.15, -0.1) is 0 Å². The maximum absolute atomic E-state index is 13.3. The fourth-order valence-electron chi connectivity index (χ4n) is 5.04. The highest BCUT2D eigenvalue weighted by atomic mass is 16.2. The van der Waals surface area contributed by atoms with Gasteiger partial charge >= 0.3 is 0 Å². The molecular formula is C23H27N5O2. The van der Waals surface area contributed by atoms with Gasteiger partial charge in [-0.2, -0.15) is 5.10 Å². The van der Waals surface area contributed by atoms with Crippen LogP contribution in [0.3, 0.4) is 0 Å². The topological polar surface area (TPSA) is 74.2 Å². The lowest BCUT2D eigenvalue weighted by Gasteiger charge is -2.35. The van der Waals surface area contributed by atoms with Crippen molar-refractivity contribution in [1.82, 2.24) is 24.6 Å². The molecule has 1 saturated heterocycles. The first kappa shape index (κ1) is 18.9. The number of fused-ring (bicyclic) bond motifs is 3. The number of aromatic amines is 1. The monoisotopic (exact) mass is 405 g/mol. The highest BCUT2D eigenvalue weighted by molar-refractivity contribution is 6.00. The number of aromatic nitrogens is 3. The smallest absolute Gasteiger partial charge is 0.227 e. The number of hydrogen-bond acceptors (Lipinski definition) is 3. The summed E-state index contributed by atoms with van der Waals surface area (Å²) < 4.78 is 2.39. The fourth-order valence-corrected chi connectivity index (χ4v) is 5.04. The Bertz CT molecular complexity index is 1140. The number of carbonyl (C=O) groups is 2. The Morgan fingerprint density at radius 2 is 2.07 bits per heavy atom. The Kier molecular flexibility index (Phi) is 4.41. The van der Waals surface area contributed by atoms with Crippen molar-refractivity contribution in [3.05, 3.63) is 41.3 Å². The van der Waals surface area contributed by atoms with Gasteiger partial charge < -0.3 is 14.4 Å². The van der Waals surface area contributed by atoms with Crippen LogP contribution < -0.4 is 0 Å². The highest BCUT2D eigenvalue weighted by Crippen LogP contribution is 2.39. The average Bonchev–Trinajstić information content (AvgIpc) is 3.37. The summed E-state index contributed by atoms with van der Waals surface area (Å²) in [5.41, 5.74) is 7.20. The number of H-pyrrole nitrogens is 1. The molecule has 1 unspecified atom stereocenters. The molecule has 5 rings (SSSR count). The normalized spacial score (nSPS) is 19.4. The van der Waals surface area contributed by atoms with Gasteiger partial charge in [0.05, 0.1) is 24.2 Å². The van der Waals surface area contributed by atoms with Crippen molar-refractivity contribution in [1.29, 1.82) is 0 Å². The second kappa shape index (κ2) is 7.00. The molecule has 2 amide bonds. The van der Waals surface area contributed by atoms with Crippen molar-refractivity contribution < 1.29 is 9.59 Å². The summed E-state index contributed by atoms with van der Waals surface area (Å²) in [6.07, 6.45) is 4.88. The molecule has 1 N–H and O–H groups in total. The van der Waals surface area contributed by atoms with Gasteiger partial charge in [0.15, 0.2) is 0 Å². The summed E-state index contributed by atoms with van der Waals surface area (Å²) in [7, 11) is 1.79. The number of carbonyl (C=O) groups excluding carboxylic acids is 2. The molecule has 7 heteroatoms. The van der Waals surface area contributed by atoms with Gasteiger partial charge in [-0.05, 0) is 31.4 Å². The van der Waals surface area contributed by atoms with E-state index in [9.17, 15) is 9.59 Å². The summed E-state index contributed by atoms with van der Waals surface area (Å²) >= 11 is 0. The molecule has 1 fully saturated rings. The van der Waals surface area contributed by atoms with Gasteiger partial charge in [0.25, 0.3) is 0 Å². The molecule has 0 saturated carbocycles. The maximum Gasteiger partial charge on any atom is 0.227 e. The molecule has 1 atom stereocenters. The van der Waals surface area contributed by atoms with Crippen LogP contribution in [0.5, 0.6) is 0 Å². The Labute approximate surface area is 175 Å². The minimum absolute atomic E-state index is 0.106. The number of nitrogens with one attached hydrogen (secondary N) is 1. The molecule has 2 aromatic heterocycles. The number of rotatable bonds is 2. The van der Waals surface area contributed by atoms with Gasteiger partial charge in [0.1, 0.15) is 0 Å². The molecule has 3 aromatic rings. The quantitative estimate of drug-likeness (QED) is 0.712. The third-order valence-electron chi connectivity index (χ3n) is 6.86. The van der Waals surface area contributed by atoms with E-state index >= 15 is 0 Å². The van der Waals surface area contributed by atoms with Crippen molar-refractivity contribution in [3.63, 3.8) is 0 Å². The molecule has 0 aliphatic carbocycles. The van der Waals surface area contributed by atoms with Gasteiger partial charge in [-0.25, -0.2) is 0 Å². The lowest BCUT2D eigenvalue weighted by molar-refractivity contribution is -0.143. The Balaban J connectivity index is 1.55. The molecule has 1 aromatic carbocycles. The molecule has 0 radical (unpaired) electrons. The van der Waals surface area contributed by atoms with Crippen LogP contribution in [-0.2, 0) is 22.7 Å². The van der Waals surface area contributed by atoms with Crippen LogP contribution in [0.1, 0.15) is 29.7 Å². The number of aryl methyl sites for hydroxylation is 2. The Morgan fingerprint density at radius 3 is 2.80 bits per heavy atom. The molecule has 2 aliphatic heterocycles. The zero-order valence-electron chi connectivity index (χ0n) is 17.7. The number of likely N-dealkylation sites (tertiary alicyclic amines) is 1. The number of piperidine rings is 1. The molecule has 156 valence electrons. The zero-order valence-corrected chi connectivity index (χ0v) is 17.7. The number of hydrogen-bond donors (Lipinski definition) is 1. The number of benzene rings is 1. The van der Waals surface area contributed by atoms with E-state index in [1.807, 2.05) is 17.3 Å². The minimum atomic E-state index is -0.106. The first-order valence-corrected chi connectivity index (χ1v) is 10.6. The lowest BCUT2D eigenvalue weighted by Crippen LogP contribution is -2.47. The fraction of sp³-hybridized carbons (Fsp3) is 0.435. The van der Waals surface area contributed by atoms with E-state index in [2.05, 4.69) is 40.7 Å². The molecule has 0 bridgehead atoms. The van der Waals surface area contributed by atoms with Crippen molar-refractivity contribution >= 4 is 22.7 Å². The molecule has 4 heterocycles. The molecule has 0 spiro atoms. The highest BCUT2D eigenvalue weighted by Gasteiger charge is 2.34. The van der Waals surface area contributed by atoms with E-state index in [0.29, 0.717) is 32.5 Å². The maximum atomic E-state index is 13.3. The molecule has 7 nitrogen and oxygen atoms in total. The summed E-state index contributed by atoms with van der Waals surface area (Å²) in [6, 6.07) is 4.37. The summed E-state index contributed by atoms with van der Waals surface area (Å²) in [5, 5.41) is 8.31. The van der Waals surface area contributed by atoms with Gasteiger partial charge in [0, 0.05) is 61.5 Å². The van der Waals surface area contributed by atoms with E-state index in [1.54, 1.807) is 11.9 Å². The van der Waals surface area contributed by atoms with Crippen LogP contribution >= 0.6 is 0 Å². The first-order chi connectivity index (χ1) is 14.5. The molecule has 2 aliphatic rings. The largest absolute Gasteiger partial charge is 0.345 e. The van der Waals surface area contributed by atoms with Gasteiger partial charge in [0.2, 0.25) is 11.8 Å². The summed E-state index contributed by atoms with van der Waals surface area (Å²) in [6.45, 7) is 6.90. The predicted molar refractivity (Wildman–Crippen MR) is 115 cm³/mol. The molecular weight excluding hydrogens is 378 g/mol. The third kappa shape index (κ3) is 2.83. The second-order valence-electron chi connectivity index (χ2n) is 8.63. The zero-order chi connectivity index (χ0) is 21.0. The van der Waals surface area contributed by atoms with E-state index in [0.717, 1.165) is 17.7 Å². The number of nitrogens with zero attached hydrogens (tertiary/aromatic N) is 4. The van der Waals surface area contributed by atoms with Gasteiger partial charge in [-0.3, -0.25) is 14.7 Å². The van der Waals surface area contributed by atoms with E-state index in [-0.39, 0.29) is 17.7 Å². The standard InChI is InChI=1S/C23H27N5O2/c1-14-4-6-18-21(17-10-24-25-11-17)19-13-27(8-9-28(19)22(18)15(14)2)23(30)16-5-7-20(29)26(3)12-16/h4,6,10-11,16H,5,7-9,12-13H2,1-3H3,(H,24,25). The summed E-state index contributed by atoms with van der Waals surface area (Å²) in [5.74, 6) is 0.188. The van der Waals surface area contributed by atoms with Crippen molar-refractivity contribution in [2.45, 2.75) is 39.8 Å². The second-order valence-corrected chi connectivity index (χ2v) is 8.63. The van der Waals surface area contributed by atoms with Crippen LogP contribution in [0.2, 0.25) is 0 Å². The average molecular weight is 406 g/mol.